The average Bonchev–Trinajstić information content (AvgIpc) is 2.83. The molecule has 1 heterocycles. The van der Waals surface area contributed by atoms with Gasteiger partial charge >= 0.3 is 5.97 Å². The fourth-order valence-corrected chi connectivity index (χ4v) is 1.53. The molecule has 0 radical (unpaired) electrons. The molecule has 0 aromatic heterocycles. The van der Waals surface area contributed by atoms with Crippen LogP contribution in [-0.4, -0.2) is 36.2 Å². The number of ether oxygens (including phenoxy) is 3. The summed E-state index contributed by atoms with van der Waals surface area (Å²) in [6, 6.07) is 4.66. The Morgan fingerprint density at radius 3 is 2.76 bits per heavy atom. The van der Waals surface area contributed by atoms with Crippen molar-refractivity contribution in [1.29, 1.82) is 0 Å². The highest BCUT2D eigenvalue weighted by Gasteiger charge is 2.27. The van der Waals surface area contributed by atoms with Crippen LogP contribution in [0.25, 0.3) is 0 Å². The van der Waals surface area contributed by atoms with E-state index in [0.717, 1.165) is 7.11 Å². The Morgan fingerprint density at radius 1 is 1.35 bits per heavy atom. The van der Waals surface area contributed by atoms with Crippen LogP contribution < -0.4 is 9.47 Å². The van der Waals surface area contributed by atoms with Gasteiger partial charge < -0.3 is 24.4 Å². The lowest BCUT2D eigenvalue weighted by molar-refractivity contribution is -0.156. The molecule has 1 aromatic carbocycles. The highest BCUT2D eigenvalue weighted by Crippen LogP contribution is 2.34. The van der Waals surface area contributed by atoms with Gasteiger partial charge in [0.2, 0.25) is 6.79 Å². The number of carbonyl (C=O) groups is 1. The maximum atomic E-state index is 11.1. The van der Waals surface area contributed by atoms with Crippen molar-refractivity contribution in [2.75, 3.05) is 13.9 Å². The Hall–Kier alpha value is -1.79. The van der Waals surface area contributed by atoms with Crippen molar-refractivity contribution in [2.45, 2.75) is 12.2 Å². The third kappa shape index (κ3) is 2.17. The first kappa shape index (κ1) is 11.7. The summed E-state index contributed by atoms with van der Waals surface area (Å²) in [5.74, 6) is 0.141. The quantitative estimate of drug-likeness (QED) is 0.722. The summed E-state index contributed by atoms with van der Waals surface area (Å²) in [7, 11) is 1.14. The molecule has 17 heavy (non-hydrogen) atoms. The number of carbonyl (C=O) groups excluding carboxylic acids is 1. The first-order valence-electron chi connectivity index (χ1n) is 4.97. The van der Waals surface area contributed by atoms with E-state index in [-0.39, 0.29) is 6.79 Å². The number of benzene rings is 1. The lowest BCUT2D eigenvalue weighted by Crippen LogP contribution is -2.28. The zero-order valence-electron chi connectivity index (χ0n) is 9.12. The Morgan fingerprint density at radius 2 is 2.06 bits per heavy atom. The molecule has 0 bridgehead atoms. The van der Waals surface area contributed by atoms with Gasteiger partial charge in [-0.05, 0) is 17.7 Å². The van der Waals surface area contributed by atoms with Gasteiger partial charge in [-0.1, -0.05) is 6.07 Å². The fourth-order valence-electron chi connectivity index (χ4n) is 1.53. The number of rotatable bonds is 3. The summed E-state index contributed by atoms with van der Waals surface area (Å²) in [5.41, 5.74) is 0.354. The maximum absolute atomic E-state index is 11.1. The van der Waals surface area contributed by atoms with Crippen LogP contribution in [0.15, 0.2) is 18.2 Å². The molecule has 2 unspecified atom stereocenters. The van der Waals surface area contributed by atoms with E-state index in [2.05, 4.69) is 4.74 Å². The van der Waals surface area contributed by atoms with Crippen LogP contribution in [0.3, 0.4) is 0 Å². The molecule has 6 heteroatoms. The highest BCUT2D eigenvalue weighted by atomic mass is 16.7. The Balaban J connectivity index is 2.19. The van der Waals surface area contributed by atoms with Crippen LogP contribution in [0.1, 0.15) is 11.7 Å². The monoisotopic (exact) mass is 240 g/mol. The van der Waals surface area contributed by atoms with E-state index in [4.69, 9.17) is 9.47 Å². The van der Waals surface area contributed by atoms with Crippen molar-refractivity contribution in [1.82, 2.24) is 0 Å². The summed E-state index contributed by atoms with van der Waals surface area (Å²) in [6.45, 7) is 0.119. The molecule has 2 rings (SSSR count). The third-order valence-corrected chi connectivity index (χ3v) is 2.48. The molecule has 0 aliphatic carbocycles. The molecule has 1 aliphatic rings. The fraction of sp³-hybridized carbons (Fsp3) is 0.364. The minimum Gasteiger partial charge on any atom is -0.467 e. The molecule has 92 valence electrons. The Kier molecular flexibility index (Phi) is 3.16. The summed E-state index contributed by atoms with van der Waals surface area (Å²) in [6.07, 6.45) is -2.99. The van der Waals surface area contributed by atoms with Gasteiger partial charge in [0.25, 0.3) is 0 Å². The van der Waals surface area contributed by atoms with Crippen LogP contribution >= 0.6 is 0 Å². The number of aliphatic hydroxyl groups excluding tert-OH is 2. The topological polar surface area (TPSA) is 85.2 Å². The molecule has 0 fully saturated rings. The van der Waals surface area contributed by atoms with E-state index < -0.39 is 18.2 Å². The number of aliphatic hydroxyl groups is 2. The molecule has 1 aromatic rings. The second kappa shape index (κ2) is 4.60. The first-order chi connectivity index (χ1) is 8.13. The van der Waals surface area contributed by atoms with Crippen molar-refractivity contribution in [3.63, 3.8) is 0 Å². The summed E-state index contributed by atoms with van der Waals surface area (Å²) < 4.78 is 14.6. The number of fused-ring (bicyclic) bond motifs is 1. The zero-order chi connectivity index (χ0) is 12.4. The molecule has 0 spiro atoms. The van der Waals surface area contributed by atoms with E-state index >= 15 is 0 Å². The average molecular weight is 240 g/mol. The molecule has 2 N–H and O–H groups in total. The van der Waals surface area contributed by atoms with E-state index in [9.17, 15) is 15.0 Å². The van der Waals surface area contributed by atoms with Crippen LogP contribution in [0, 0.1) is 0 Å². The van der Waals surface area contributed by atoms with Gasteiger partial charge in [0, 0.05) is 0 Å². The predicted molar refractivity (Wildman–Crippen MR) is 55.5 cm³/mol. The summed E-state index contributed by atoms with van der Waals surface area (Å²) >= 11 is 0. The van der Waals surface area contributed by atoms with Gasteiger partial charge in [-0.2, -0.15) is 0 Å². The van der Waals surface area contributed by atoms with Crippen LogP contribution in [0.5, 0.6) is 11.5 Å². The van der Waals surface area contributed by atoms with E-state index in [1.807, 2.05) is 0 Å². The van der Waals surface area contributed by atoms with Crippen molar-refractivity contribution in [3.8, 4) is 11.5 Å². The van der Waals surface area contributed by atoms with E-state index in [0.29, 0.717) is 17.1 Å². The third-order valence-electron chi connectivity index (χ3n) is 2.48. The number of esters is 1. The van der Waals surface area contributed by atoms with Crippen LogP contribution in [0.4, 0.5) is 0 Å². The zero-order valence-corrected chi connectivity index (χ0v) is 9.12. The Bertz CT molecular complexity index is 430. The standard InChI is InChI=1S/C11H12O6/c1-15-11(14)10(13)9(12)6-2-3-7-8(4-6)17-5-16-7/h2-4,9-10,12-13H,5H2,1H3. The summed E-state index contributed by atoms with van der Waals surface area (Å²) in [5, 5.41) is 19.3. The van der Waals surface area contributed by atoms with Gasteiger partial charge in [0.15, 0.2) is 17.6 Å². The van der Waals surface area contributed by atoms with Gasteiger partial charge in [-0.3, -0.25) is 0 Å². The number of hydrogen-bond donors (Lipinski definition) is 2. The summed E-state index contributed by atoms with van der Waals surface area (Å²) in [4.78, 5) is 11.1. The smallest absolute Gasteiger partial charge is 0.337 e. The second-order valence-corrected chi connectivity index (χ2v) is 3.53. The first-order valence-corrected chi connectivity index (χ1v) is 4.97. The maximum Gasteiger partial charge on any atom is 0.337 e. The molecule has 2 atom stereocenters. The van der Waals surface area contributed by atoms with Gasteiger partial charge in [-0.25, -0.2) is 4.79 Å². The van der Waals surface area contributed by atoms with Crippen molar-refractivity contribution in [2.24, 2.45) is 0 Å². The van der Waals surface area contributed by atoms with E-state index in [1.165, 1.54) is 6.07 Å². The minimum atomic E-state index is -1.62. The largest absolute Gasteiger partial charge is 0.467 e. The highest BCUT2D eigenvalue weighted by molar-refractivity contribution is 5.75. The van der Waals surface area contributed by atoms with Crippen LogP contribution in [-0.2, 0) is 9.53 Å². The molecule has 1 aliphatic heterocycles. The predicted octanol–water partition coefficient (Wildman–Crippen LogP) is -0.0174. The van der Waals surface area contributed by atoms with Gasteiger partial charge in [0.05, 0.1) is 7.11 Å². The van der Waals surface area contributed by atoms with Crippen molar-refractivity contribution < 1.29 is 29.2 Å². The second-order valence-electron chi connectivity index (χ2n) is 3.53. The molecular formula is C11H12O6. The number of methoxy groups -OCH3 is 1. The van der Waals surface area contributed by atoms with Crippen molar-refractivity contribution >= 4 is 5.97 Å². The molecule has 0 saturated heterocycles. The lowest BCUT2D eigenvalue weighted by Gasteiger charge is -2.16. The SMILES string of the molecule is COC(=O)C(O)C(O)c1ccc2c(c1)OCO2. The van der Waals surface area contributed by atoms with Gasteiger partial charge in [-0.15, -0.1) is 0 Å². The normalized spacial score (nSPS) is 16.4. The Labute approximate surface area is 97.3 Å². The van der Waals surface area contributed by atoms with Crippen LogP contribution in [0.2, 0.25) is 0 Å². The molecule has 6 nitrogen and oxygen atoms in total. The molecule has 0 amide bonds. The lowest BCUT2D eigenvalue weighted by atomic mass is 10.0. The van der Waals surface area contributed by atoms with Gasteiger partial charge in [0.1, 0.15) is 6.10 Å². The van der Waals surface area contributed by atoms with Crippen molar-refractivity contribution in [3.05, 3.63) is 23.8 Å². The minimum absolute atomic E-state index is 0.119. The van der Waals surface area contributed by atoms with E-state index in [1.54, 1.807) is 12.1 Å². The molecular weight excluding hydrogens is 228 g/mol. The molecule has 0 saturated carbocycles. The number of hydrogen-bond acceptors (Lipinski definition) is 6.